The van der Waals surface area contributed by atoms with Crippen molar-refractivity contribution in [2.24, 2.45) is 16.5 Å². The minimum Gasteiger partial charge on any atom is -0.481 e. The lowest BCUT2D eigenvalue weighted by Gasteiger charge is -2.36. The maximum Gasteiger partial charge on any atom is 0.333 e. The number of carboxylic acid groups (broad SMARTS) is 2. The number of rotatable bonds is 5. The Bertz CT molecular complexity index is 619. The average molecular weight is 349 g/mol. The van der Waals surface area contributed by atoms with Crippen molar-refractivity contribution < 1.29 is 33.3 Å². The number of sulfonamides is 1. The molecule has 132 valence electrons. The van der Waals surface area contributed by atoms with Crippen LogP contribution >= 0.6 is 0 Å². The summed E-state index contributed by atoms with van der Waals surface area (Å²) >= 11 is 0. The van der Waals surface area contributed by atoms with E-state index in [9.17, 15) is 23.1 Å². The molecule has 0 spiro atoms. The first-order valence-electron chi connectivity index (χ1n) is 7.00. The standard InChI is InChI=1S/C11H15NO6S.C3H8O/c1-3-11(2)6(9(13)14)4-5-7(19(12,17)18)8(11)10(15)16;1-2-3-4/h4-6H,3H2,1-2H3,(H,13,14)(H,15,16)(H2,12,17,18);4H,2-3H2,1H3. The molecule has 0 saturated carbocycles. The van der Waals surface area contributed by atoms with E-state index in [0.717, 1.165) is 18.6 Å². The van der Waals surface area contributed by atoms with Crippen molar-refractivity contribution in [1.29, 1.82) is 0 Å². The molecule has 9 heteroatoms. The number of primary sulfonamides is 1. The van der Waals surface area contributed by atoms with E-state index in [4.69, 9.17) is 15.4 Å². The highest BCUT2D eigenvalue weighted by atomic mass is 32.2. The van der Waals surface area contributed by atoms with Gasteiger partial charge in [-0.3, -0.25) is 4.79 Å². The van der Waals surface area contributed by atoms with Crippen LogP contribution in [0.1, 0.15) is 33.6 Å². The van der Waals surface area contributed by atoms with Crippen LogP contribution in [-0.4, -0.2) is 42.3 Å². The second kappa shape index (κ2) is 8.23. The van der Waals surface area contributed by atoms with Crippen molar-refractivity contribution in [3.63, 3.8) is 0 Å². The molecule has 1 aliphatic rings. The third kappa shape index (κ3) is 4.88. The van der Waals surface area contributed by atoms with Crippen molar-refractivity contribution in [1.82, 2.24) is 0 Å². The van der Waals surface area contributed by atoms with E-state index >= 15 is 0 Å². The van der Waals surface area contributed by atoms with Crippen LogP contribution in [0.3, 0.4) is 0 Å². The van der Waals surface area contributed by atoms with Gasteiger partial charge in [-0.05, 0) is 18.9 Å². The molecule has 1 aliphatic carbocycles. The van der Waals surface area contributed by atoms with E-state index in [-0.39, 0.29) is 6.42 Å². The summed E-state index contributed by atoms with van der Waals surface area (Å²) in [6, 6.07) is 0. The molecule has 0 fully saturated rings. The van der Waals surface area contributed by atoms with Gasteiger partial charge in [-0.15, -0.1) is 0 Å². The number of aliphatic hydroxyl groups excluding tert-OH is 1. The zero-order valence-corrected chi connectivity index (χ0v) is 14.1. The number of aliphatic carboxylic acids is 2. The van der Waals surface area contributed by atoms with Gasteiger partial charge in [-0.25, -0.2) is 18.4 Å². The lowest BCUT2D eigenvalue weighted by molar-refractivity contribution is -0.144. The molecular weight excluding hydrogens is 326 g/mol. The van der Waals surface area contributed by atoms with Crippen molar-refractivity contribution in [2.45, 2.75) is 33.6 Å². The molecule has 0 aliphatic heterocycles. The topological polar surface area (TPSA) is 155 Å². The van der Waals surface area contributed by atoms with Gasteiger partial charge in [0.2, 0.25) is 10.0 Å². The molecule has 1 rings (SSSR count). The first kappa shape index (κ1) is 21.3. The smallest absolute Gasteiger partial charge is 0.333 e. The summed E-state index contributed by atoms with van der Waals surface area (Å²) in [5, 5.41) is 31.2. The predicted molar refractivity (Wildman–Crippen MR) is 83.8 cm³/mol. The molecule has 0 amide bonds. The SMILES string of the molecule is CCC1(C)C(C(=O)O)=C(S(N)(=O)=O)C=CC1C(=O)O.CCCO. The Hall–Kier alpha value is -1.71. The van der Waals surface area contributed by atoms with Gasteiger partial charge >= 0.3 is 11.9 Å². The van der Waals surface area contributed by atoms with Crippen LogP contribution in [-0.2, 0) is 19.6 Å². The first-order valence-corrected chi connectivity index (χ1v) is 8.54. The number of allylic oxidation sites excluding steroid dienone is 1. The third-order valence-corrected chi connectivity index (χ3v) is 4.64. The molecule has 0 radical (unpaired) electrons. The van der Waals surface area contributed by atoms with E-state index in [0.29, 0.717) is 6.61 Å². The summed E-state index contributed by atoms with van der Waals surface area (Å²) in [7, 11) is -4.23. The van der Waals surface area contributed by atoms with E-state index in [2.05, 4.69) is 0 Å². The lowest BCUT2D eigenvalue weighted by Crippen LogP contribution is -2.40. The molecule has 0 aromatic carbocycles. The Labute approximate surface area is 135 Å². The maximum atomic E-state index is 11.4. The molecule has 2 atom stereocenters. The summed E-state index contributed by atoms with van der Waals surface area (Å²) in [6.07, 6.45) is 3.14. The van der Waals surface area contributed by atoms with Gasteiger partial charge in [0.15, 0.2) is 0 Å². The fraction of sp³-hybridized carbons (Fsp3) is 0.571. The van der Waals surface area contributed by atoms with Gasteiger partial charge in [-0.2, -0.15) is 0 Å². The molecule has 0 aromatic rings. The number of aliphatic hydroxyl groups is 1. The zero-order chi connectivity index (χ0) is 18.4. The summed E-state index contributed by atoms with van der Waals surface area (Å²) in [5.74, 6) is -3.81. The minimum absolute atomic E-state index is 0.148. The van der Waals surface area contributed by atoms with Gasteiger partial charge in [0.1, 0.15) is 0 Å². The first-order chi connectivity index (χ1) is 10.5. The largest absolute Gasteiger partial charge is 0.481 e. The molecule has 0 heterocycles. The highest BCUT2D eigenvalue weighted by Gasteiger charge is 2.47. The molecule has 0 aromatic heterocycles. The van der Waals surface area contributed by atoms with Crippen molar-refractivity contribution >= 4 is 22.0 Å². The Morgan fingerprint density at radius 3 is 2.04 bits per heavy atom. The minimum atomic E-state index is -4.23. The fourth-order valence-electron chi connectivity index (χ4n) is 2.25. The highest BCUT2D eigenvalue weighted by Crippen LogP contribution is 2.45. The van der Waals surface area contributed by atoms with Crippen molar-refractivity contribution in [2.75, 3.05) is 6.61 Å². The van der Waals surface area contributed by atoms with Gasteiger partial charge in [0.25, 0.3) is 0 Å². The maximum absolute atomic E-state index is 11.4. The molecular formula is C14H23NO7S. The van der Waals surface area contributed by atoms with Gasteiger partial charge in [-0.1, -0.05) is 26.8 Å². The van der Waals surface area contributed by atoms with Crippen molar-refractivity contribution in [3.05, 3.63) is 22.6 Å². The van der Waals surface area contributed by atoms with Crippen LogP contribution in [0.2, 0.25) is 0 Å². The molecule has 5 N–H and O–H groups in total. The normalized spacial score (nSPS) is 24.0. The number of nitrogens with two attached hydrogens (primary N) is 1. The van der Waals surface area contributed by atoms with Crippen LogP contribution in [0.25, 0.3) is 0 Å². The van der Waals surface area contributed by atoms with E-state index in [1.165, 1.54) is 6.92 Å². The summed E-state index contributed by atoms with van der Waals surface area (Å²) < 4.78 is 22.9. The van der Waals surface area contributed by atoms with Crippen LogP contribution in [0.15, 0.2) is 22.6 Å². The van der Waals surface area contributed by atoms with Crippen LogP contribution in [0.4, 0.5) is 0 Å². The predicted octanol–water partition coefficient (Wildman–Crippen LogP) is 0.689. The average Bonchev–Trinajstić information content (AvgIpc) is 2.45. The number of hydrogen-bond donors (Lipinski definition) is 4. The number of carboxylic acids is 2. The molecule has 8 nitrogen and oxygen atoms in total. The number of hydrogen-bond acceptors (Lipinski definition) is 5. The molecule has 0 saturated heterocycles. The van der Waals surface area contributed by atoms with E-state index < -0.39 is 43.8 Å². The third-order valence-electron chi connectivity index (χ3n) is 3.69. The van der Waals surface area contributed by atoms with Gasteiger partial charge in [0.05, 0.1) is 16.4 Å². The van der Waals surface area contributed by atoms with Crippen LogP contribution < -0.4 is 5.14 Å². The Morgan fingerprint density at radius 2 is 1.78 bits per heavy atom. The monoisotopic (exact) mass is 349 g/mol. The molecule has 0 bridgehead atoms. The van der Waals surface area contributed by atoms with Gasteiger partial charge in [0, 0.05) is 12.0 Å². The zero-order valence-electron chi connectivity index (χ0n) is 13.3. The van der Waals surface area contributed by atoms with Crippen LogP contribution in [0.5, 0.6) is 0 Å². The summed E-state index contributed by atoms with van der Waals surface area (Å²) in [6.45, 7) is 5.25. The van der Waals surface area contributed by atoms with Crippen LogP contribution in [0, 0.1) is 11.3 Å². The molecule has 23 heavy (non-hydrogen) atoms. The Kier molecular flexibility index (Phi) is 7.62. The fourth-order valence-corrected chi connectivity index (χ4v) is 3.13. The van der Waals surface area contributed by atoms with Gasteiger partial charge < -0.3 is 15.3 Å². The van der Waals surface area contributed by atoms with E-state index in [1.807, 2.05) is 6.92 Å². The summed E-state index contributed by atoms with van der Waals surface area (Å²) in [5.41, 5.74) is -1.82. The highest BCUT2D eigenvalue weighted by molar-refractivity contribution is 7.93. The van der Waals surface area contributed by atoms with Crippen molar-refractivity contribution in [3.8, 4) is 0 Å². The molecule has 2 unspecified atom stereocenters. The Morgan fingerprint density at radius 1 is 1.30 bits per heavy atom. The summed E-state index contributed by atoms with van der Waals surface area (Å²) in [4.78, 5) is 22.0. The lowest BCUT2D eigenvalue weighted by atomic mass is 9.67. The quantitative estimate of drug-likeness (QED) is 0.569. The number of carbonyl (C=O) groups is 2. The second-order valence-electron chi connectivity index (χ2n) is 5.26. The second-order valence-corrected chi connectivity index (χ2v) is 6.79. The Balaban J connectivity index is 0.00000108. The van der Waals surface area contributed by atoms with E-state index in [1.54, 1.807) is 6.92 Å².